The first-order valence-corrected chi connectivity index (χ1v) is 6.58. The Hall–Kier alpha value is -1.46. The van der Waals surface area contributed by atoms with Gasteiger partial charge in [0, 0.05) is 11.6 Å². The second-order valence-electron chi connectivity index (χ2n) is 4.79. The highest BCUT2D eigenvalue weighted by Crippen LogP contribution is 2.31. The lowest BCUT2D eigenvalue weighted by Gasteiger charge is -2.17. The van der Waals surface area contributed by atoms with E-state index in [0.717, 1.165) is 0 Å². The number of hydrogen-bond acceptors (Lipinski definition) is 2. The van der Waals surface area contributed by atoms with Crippen LogP contribution in [0.4, 0.5) is 8.78 Å². The largest absolute Gasteiger partial charge is 0.382 e. The molecule has 0 bridgehead atoms. The molecule has 0 aliphatic rings. The lowest BCUT2D eigenvalue weighted by atomic mass is 10.0. The van der Waals surface area contributed by atoms with Crippen molar-refractivity contribution in [2.75, 3.05) is 0 Å². The molecule has 0 radical (unpaired) electrons. The van der Waals surface area contributed by atoms with Crippen molar-refractivity contribution in [2.24, 2.45) is 0 Å². The van der Waals surface area contributed by atoms with Crippen LogP contribution in [0.1, 0.15) is 49.2 Å². The van der Waals surface area contributed by atoms with Crippen molar-refractivity contribution in [1.82, 2.24) is 9.78 Å². The summed E-state index contributed by atoms with van der Waals surface area (Å²) in [7, 11) is 0. The number of benzene rings is 1. The molecule has 1 heterocycles. The van der Waals surface area contributed by atoms with E-state index in [9.17, 15) is 13.9 Å². The normalized spacial score (nSPS) is 13.2. The molecule has 108 valence electrons. The summed E-state index contributed by atoms with van der Waals surface area (Å²) in [5, 5.41) is 14.9. The number of aliphatic hydroxyl groups excluding tert-OH is 1. The first-order chi connectivity index (χ1) is 9.41. The van der Waals surface area contributed by atoms with Gasteiger partial charge >= 0.3 is 0 Å². The maximum absolute atomic E-state index is 12.5. The van der Waals surface area contributed by atoms with Gasteiger partial charge in [0.1, 0.15) is 6.10 Å². The minimum absolute atomic E-state index is 0.0347. The van der Waals surface area contributed by atoms with Crippen LogP contribution in [0.3, 0.4) is 0 Å². The average Bonchev–Trinajstić information content (AvgIpc) is 2.80. The molecule has 1 unspecified atom stereocenters. The maximum atomic E-state index is 12.5. The van der Waals surface area contributed by atoms with Gasteiger partial charge in [0.2, 0.25) is 0 Å². The molecule has 6 heteroatoms. The quantitative estimate of drug-likeness (QED) is 0.921. The van der Waals surface area contributed by atoms with Gasteiger partial charge in [-0.3, -0.25) is 4.68 Å². The van der Waals surface area contributed by atoms with E-state index in [1.807, 2.05) is 13.8 Å². The van der Waals surface area contributed by atoms with Crippen molar-refractivity contribution in [1.29, 1.82) is 0 Å². The molecular formula is C14H15ClF2N2O. The first kappa shape index (κ1) is 14.9. The third-order valence-electron chi connectivity index (χ3n) is 3.04. The third-order valence-corrected chi connectivity index (χ3v) is 3.33. The molecule has 20 heavy (non-hydrogen) atoms. The zero-order valence-electron chi connectivity index (χ0n) is 11.1. The molecule has 0 aliphatic heterocycles. The molecule has 1 N–H and O–H groups in total. The standard InChI is InChI=1S/C14H15ClF2N2O/c1-8(2)19-12(11(15)7-18-19)13(20)9-3-5-10(6-4-9)14(16)17/h3-8,13-14,20H,1-2H3. The summed E-state index contributed by atoms with van der Waals surface area (Å²) in [5.41, 5.74) is 0.884. The summed E-state index contributed by atoms with van der Waals surface area (Å²) >= 11 is 6.05. The Morgan fingerprint density at radius 3 is 2.20 bits per heavy atom. The van der Waals surface area contributed by atoms with Crippen molar-refractivity contribution >= 4 is 11.6 Å². The number of nitrogens with zero attached hydrogens (tertiary/aromatic N) is 2. The number of rotatable bonds is 4. The third kappa shape index (κ3) is 2.83. The molecule has 3 nitrogen and oxygen atoms in total. The molecule has 1 atom stereocenters. The zero-order chi connectivity index (χ0) is 14.9. The van der Waals surface area contributed by atoms with Crippen molar-refractivity contribution in [3.8, 4) is 0 Å². The fraction of sp³-hybridized carbons (Fsp3) is 0.357. The van der Waals surface area contributed by atoms with Crippen molar-refractivity contribution in [3.63, 3.8) is 0 Å². The molecule has 0 saturated carbocycles. The summed E-state index contributed by atoms with van der Waals surface area (Å²) in [6, 6.07) is 5.58. The number of halogens is 3. The Morgan fingerprint density at radius 2 is 1.70 bits per heavy atom. The first-order valence-electron chi connectivity index (χ1n) is 6.20. The monoisotopic (exact) mass is 300 g/mol. The predicted octanol–water partition coefficient (Wildman–Crippen LogP) is 4.14. The van der Waals surface area contributed by atoms with Gasteiger partial charge in [-0.1, -0.05) is 35.9 Å². The van der Waals surface area contributed by atoms with Gasteiger partial charge < -0.3 is 5.11 Å². The fourth-order valence-corrected chi connectivity index (χ4v) is 2.23. The number of aliphatic hydroxyl groups is 1. The van der Waals surface area contributed by atoms with Gasteiger partial charge in [-0.25, -0.2) is 8.78 Å². The Labute approximate surface area is 120 Å². The average molecular weight is 301 g/mol. The molecule has 0 aliphatic carbocycles. The lowest BCUT2D eigenvalue weighted by Crippen LogP contribution is -2.12. The van der Waals surface area contributed by atoms with Crippen LogP contribution in [0.25, 0.3) is 0 Å². The number of hydrogen-bond donors (Lipinski definition) is 1. The number of aromatic nitrogens is 2. The SMILES string of the molecule is CC(C)n1ncc(Cl)c1C(O)c1ccc(C(F)F)cc1. The van der Waals surface area contributed by atoms with Crippen LogP contribution in [0.2, 0.25) is 5.02 Å². The van der Waals surface area contributed by atoms with Crippen LogP contribution in [-0.4, -0.2) is 14.9 Å². The molecular weight excluding hydrogens is 286 g/mol. The topological polar surface area (TPSA) is 38.0 Å². The summed E-state index contributed by atoms with van der Waals surface area (Å²) < 4.78 is 26.6. The van der Waals surface area contributed by atoms with E-state index in [1.54, 1.807) is 4.68 Å². The Kier molecular flexibility index (Phi) is 4.40. The lowest BCUT2D eigenvalue weighted by molar-refractivity contribution is 0.151. The van der Waals surface area contributed by atoms with Crippen LogP contribution in [-0.2, 0) is 0 Å². The highest BCUT2D eigenvalue weighted by molar-refractivity contribution is 6.31. The highest BCUT2D eigenvalue weighted by Gasteiger charge is 2.21. The molecule has 0 amide bonds. The minimum Gasteiger partial charge on any atom is -0.382 e. The molecule has 2 aromatic rings. The van der Waals surface area contributed by atoms with E-state index in [2.05, 4.69) is 5.10 Å². The van der Waals surface area contributed by atoms with Crippen LogP contribution < -0.4 is 0 Å². The molecule has 0 fully saturated rings. The van der Waals surface area contributed by atoms with E-state index in [1.165, 1.54) is 30.5 Å². The van der Waals surface area contributed by atoms with Gasteiger partial charge in [0.05, 0.1) is 16.9 Å². The van der Waals surface area contributed by atoms with E-state index >= 15 is 0 Å². The van der Waals surface area contributed by atoms with Gasteiger partial charge in [-0.05, 0) is 19.4 Å². The van der Waals surface area contributed by atoms with Crippen molar-refractivity contribution < 1.29 is 13.9 Å². The Balaban J connectivity index is 2.36. The fourth-order valence-electron chi connectivity index (χ4n) is 2.00. The predicted molar refractivity (Wildman–Crippen MR) is 73.1 cm³/mol. The van der Waals surface area contributed by atoms with Gasteiger partial charge in [0.15, 0.2) is 0 Å². The summed E-state index contributed by atoms with van der Waals surface area (Å²) in [5.74, 6) is 0. The van der Waals surface area contributed by atoms with Gasteiger partial charge in [0.25, 0.3) is 6.43 Å². The van der Waals surface area contributed by atoms with Crippen LogP contribution in [0, 0.1) is 0 Å². The summed E-state index contributed by atoms with van der Waals surface area (Å²) in [6.07, 6.45) is -2.06. The van der Waals surface area contributed by atoms with E-state index < -0.39 is 12.5 Å². The van der Waals surface area contributed by atoms with Crippen LogP contribution in [0.5, 0.6) is 0 Å². The van der Waals surface area contributed by atoms with Crippen LogP contribution >= 0.6 is 11.6 Å². The number of alkyl halides is 2. The Bertz CT molecular complexity index is 581. The van der Waals surface area contributed by atoms with Crippen molar-refractivity contribution in [3.05, 3.63) is 52.3 Å². The summed E-state index contributed by atoms with van der Waals surface area (Å²) in [6.45, 7) is 3.83. The zero-order valence-corrected chi connectivity index (χ0v) is 11.9. The second-order valence-corrected chi connectivity index (χ2v) is 5.19. The molecule has 2 rings (SSSR count). The molecule has 0 spiro atoms. The van der Waals surface area contributed by atoms with E-state index in [4.69, 9.17) is 11.6 Å². The van der Waals surface area contributed by atoms with Gasteiger partial charge in [-0.2, -0.15) is 5.10 Å². The second kappa shape index (κ2) is 5.89. The molecule has 0 saturated heterocycles. The minimum atomic E-state index is -2.52. The highest BCUT2D eigenvalue weighted by atomic mass is 35.5. The van der Waals surface area contributed by atoms with E-state index in [0.29, 0.717) is 16.3 Å². The molecule has 1 aromatic carbocycles. The smallest absolute Gasteiger partial charge is 0.263 e. The maximum Gasteiger partial charge on any atom is 0.263 e. The van der Waals surface area contributed by atoms with Crippen LogP contribution in [0.15, 0.2) is 30.5 Å². The van der Waals surface area contributed by atoms with Crippen molar-refractivity contribution in [2.45, 2.75) is 32.4 Å². The van der Waals surface area contributed by atoms with E-state index in [-0.39, 0.29) is 11.6 Å². The molecule has 1 aromatic heterocycles. The summed E-state index contributed by atoms with van der Waals surface area (Å²) in [4.78, 5) is 0. The van der Waals surface area contributed by atoms with Gasteiger partial charge in [-0.15, -0.1) is 0 Å². The Morgan fingerprint density at radius 1 is 1.15 bits per heavy atom.